The number of fused-ring (bicyclic) bond motifs is 1. The van der Waals surface area contributed by atoms with E-state index in [-0.39, 0.29) is 0 Å². The summed E-state index contributed by atoms with van der Waals surface area (Å²) in [6, 6.07) is 7.32. The second-order valence-corrected chi connectivity index (χ2v) is 4.96. The topological polar surface area (TPSA) is 95.7 Å². The number of halogens is 1. The molecule has 0 spiro atoms. The van der Waals surface area contributed by atoms with Gasteiger partial charge < -0.3 is 14.7 Å². The molecule has 7 nitrogen and oxygen atoms in total. The normalized spacial score (nSPS) is 10.3. The first-order valence-corrected chi connectivity index (χ1v) is 7.06. The molecule has 4 aromatic heterocycles. The third kappa shape index (κ3) is 3.14. The van der Waals surface area contributed by atoms with Crippen LogP contribution in [-0.4, -0.2) is 24.5 Å². The van der Waals surface area contributed by atoms with Gasteiger partial charge in [-0.25, -0.2) is 19.9 Å². The number of nitrogens with zero attached hydrogens (tertiary/aromatic N) is 5. The van der Waals surface area contributed by atoms with Crippen LogP contribution >= 0.6 is 11.6 Å². The molecular weight excluding hydrogens is 316 g/mol. The largest absolute Gasteiger partial charge is 0.463 e. The van der Waals surface area contributed by atoms with Crippen LogP contribution in [0.25, 0.3) is 22.5 Å². The lowest BCUT2D eigenvalue weighted by molar-refractivity contribution is 0.577. The van der Waals surface area contributed by atoms with Crippen molar-refractivity contribution in [1.82, 2.24) is 24.5 Å². The zero-order valence-electron chi connectivity index (χ0n) is 12.2. The lowest BCUT2D eigenvalue weighted by Crippen LogP contribution is -1.92. The molecule has 4 rings (SSSR count). The van der Waals surface area contributed by atoms with Crippen molar-refractivity contribution in [2.75, 3.05) is 5.73 Å². The van der Waals surface area contributed by atoms with Crippen molar-refractivity contribution in [2.45, 2.75) is 0 Å². The first-order chi connectivity index (χ1) is 11.2. The summed E-state index contributed by atoms with van der Waals surface area (Å²) in [5, 5.41) is 0.449. The smallest absolute Gasteiger partial charge is 0.156 e. The Labute approximate surface area is 136 Å². The molecule has 0 saturated heterocycles. The molecule has 4 heterocycles. The van der Waals surface area contributed by atoms with Gasteiger partial charge in [0.05, 0.1) is 17.5 Å². The van der Waals surface area contributed by atoms with Gasteiger partial charge in [-0.15, -0.1) is 0 Å². The Morgan fingerprint density at radius 1 is 1.17 bits per heavy atom. The number of rotatable bonds is 1. The van der Waals surface area contributed by atoms with E-state index in [1.165, 1.54) is 12.7 Å². The van der Waals surface area contributed by atoms with Crippen molar-refractivity contribution in [1.29, 1.82) is 0 Å². The quantitative estimate of drug-likeness (QED) is 0.540. The lowest BCUT2D eigenvalue weighted by atomic mass is 10.3. The molecule has 0 bridgehead atoms. The van der Waals surface area contributed by atoms with E-state index in [0.29, 0.717) is 11.0 Å². The number of nitrogens with two attached hydrogens (primary N) is 1. The molecule has 0 saturated carbocycles. The maximum Gasteiger partial charge on any atom is 0.156 e. The second kappa shape index (κ2) is 6.45. The molecule has 2 N–H and O–H groups in total. The lowest BCUT2D eigenvalue weighted by Gasteiger charge is -2.01. The molecule has 0 aliphatic rings. The second-order valence-electron chi connectivity index (χ2n) is 4.60. The van der Waals surface area contributed by atoms with Gasteiger partial charge in [-0.3, -0.25) is 0 Å². The highest BCUT2D eigenvalue weighted by atomic mass is 35.5. The molecule has 4 aromatic rings. The first-order valence-electron chi connectivity index (χ1n) is 6.68. The monoisotopic (exact) mass is 328 g/mol. The Morgan fingerprint density at radius 2 is 2.04 bits per heavy atom. The first kappa shape index (κ1) is 15.0. The van der Waals surface area contributed by atoms with Gasteiger partial charge in [0.15, 0.2) is 5.15 Å². The molecule has 0 aliphatic carbocycles. The highest BCUT2D eigenvalue weighted by molar-refractivity contribution is 6.33. The van der Waals surface area contributed by atoms with E-state index in [1.54, 1.807) is 18.5 Å². The molecule has 0 amide bonds. The van der Waals surface area contributed by atoms with Gasteiger partial charge in [0.2, 0.25) is 0 Å². The van der Waals surface area contributed by atoms with Gasteiger partial charge in [0, 0.05) is 13.2 Å². The molecule has 8 heteroatoms. The predicted molar refractivity (Wildman–Crippen MR) is 87.7 cm³/mol. The summed E-state index contributed by atoms with van der Waals surface area (Å²) in [5.41, 5.74) is 7.77. The number of aromatic nitrogens is 5. The zero-order valence-corrected chi connectivity index (χ0v) is 13.0. The van der Waals surface area contributed by atoms with Gasteiger partial charge in [-0.1, -0.05) is 11.6 Å². The summed E-state index contributed by atoms with van der Waals surface area (Å²) in [6.07, 6.45) is 6.11. The summed E-state index contributed by atoms with van der Waals surface area (Å²) in [4.78, 5) is 15.4. The maximum atomic E-state index is 6.03. The fourth-order valence-corrected chi connectivity index (χ4v) is 2.36. The highest BCUT2D eigenvalue weighted by Gasteiger charge is 2.13. The van der Waals surface area contributed by atoms with Crippen LogP contribution in [-0.2, 0) is 7.05 Å². The number of hydrogen-bond acceptors (Lipinski definition) is 6. The minimum atomic E-state index is 0.449. The Kier molecular flexibility index (Phi) is 4.20. The van der Waals surface area contributed by atoms with E-state index >= 15 is 0 Å². The summed E-state index contributed by atoms with van der Waals surface area (Å²) in [6.45, 7) is 0. The molecule has 23 heavy (non-hydrogen) atoms. The maximum absolute atomic E-state index is 6.03. The van der Waals surface area contributed by atoms with Crippen LogP contribution in [0.1, 0.15) is 0 Å². The average molecular weight is 329 g/mol. The third-order valence-corrected chi connectivity index (χ3v) is 3.43. The van der Waals surface area contributed by atoms with Gasteiger partial charge in [0.25, 0.3) is 0 Å². The van der Waals surface area contributed by atoms with E-state index in [4.69, 9.17) is 21.8 Å². The van der Waals surface area contributed by atoms with E-state index in [0.717, 1.165) is 22.5 Å². The van der Waals surface area contributed by atoms with Crippen molar-refractivity contribution >= 4 is 28.5 Å². The molecule has 116 valence electrons. The Bertz CT molecular complexity index is 905. The van der Waals surface area contributed by atoms with Crippen LogP contribution in [0.5, 0.6) is 0 Å². The van der Waals surface area contributed by atoms with Crippen molar-refractivity contribution in [3.63, 3.8) is 0 Å². The molecule has 0 fully saturated rings. The van der Waals surface area contributed by atoms with Gasteiger partial charge in [-0.05, 0) is 24.3 Å². The highest BCUT2D eigenvalue weighted by Crippen LogP contribution is 2.29. The summed E-state index contributed by atoms with van der Waals surface area (Å²) >= 11 is 6.03. The third-order valence-electron chi connectivity index (χ3n) is 3.15. The van der Waals surface area contributed by atoms with Crippen LogP contribution in [0.4, 0.5) is 5.82 Å². The SMILES string of the molecule is Cn1c(-c2ccco2)cc2ncnc(Cl)c21.Nc1ccncn1. The number of nitrogen functional groups attached to an aromatic ring is 1. The molecule has 0 aliphatic heterocycles. The van der Waals surface area contributed by atoms with Gasteiger partial charge >= 0.3 is 0 Å². The van der Waals surface area contributed by atoms with Gasteiger partial charge in [0.1, 0.15) is 29.7 Å². The van der Waals surface area contributed by atoms with Crippen LogP contribution in [0.15, 0.2) is 53.8 Å². The van der Waals surface area contributed by atoms with Crippen molar-refractivity contribution in [3.8, 4) is 11.5 Å². The van der Waals surface area contributed by atoms with Crippen molar-refractivity contribution in [2.24, 2.45) is 7.05 Å². The summed E-state index contributed by atoms with van der Waals surface area (Å²) < 4.78 is 7.28. The number of anilines is 1. The zero-order chi connectivity index (χ0) is 16.2. The Balaban J connectivity index is 0.000000188. The predicted octanol–water partition coefficient (Wildman–Crippen LogP) is 2.94. The van der Waals surface area contributed by atoms with E-state index < -0.39 is 0 Å². The van der Waals surface area contributed by atoms with E-state index in [9.17, 15) is 0 Å². The van der Waals surface area contributed by atoms with Crippen LogP contribution in [0.3, 0.4) is 0 Å². The minimum absolute atomic E-state index is 0.449. The summed E-state index contributed by atoms with van der Waals surface area (Å²) in [7, 11) is 1.91. The van der Waals surface area contributed by atoms with Crippen LogP contribution in [0.2, 0.25) is 5.15 Å². The fraction of sp³-hybridized carbons (Fsp3) is 0.0667. The summed E-state index contributed by atoms with van der Waals surface area (Å²) in [5.74, 6) is 1.30. The van der Waals surface area contributed by atoms with E-state index in [1.807, 2.05) is 29.8 Å². The number of hydrogen-bond donors (Lipinski definition) is 1. The van der Waals surface area contributed by atoms with Crippen molar-refractivity contribution < 1.29 is 4.42 Å². The number of aryl methyl sites for hydroxylation is 1. The van der Waals surface area contributed by atoms with Gasteiger partial charge in [-0.2, -0.15) is 0 Å². The van der Waals surface area contributed by atoms with Crippen LogP contribution < -0.4 is 5.73 Å². The van der Waals surface area contributed by atoms with Crippen molar-refractivity contribution in [3.05, 3.63) is 54.5 Å². The standard InChI is InChI=1S/C11H8ClN3O.C4H5N3/c1-15-8(9-3-2-4-16-9)5-7-10(15)11(12)14-6-13-7;5-4-1-2-6-3-7-4/h2-6H,1H3;1-3H,(H2,5,6,7). The average Bonchev–Trinajstić information content (AvgIpc) is 3.17. The molecular formula is C15H13ClN6O. The fourth-order valence-electron chi connectivity index (χ4n) is 2.09. The Morgan fingerprint density at radius 3 is 2.61 bits per heavy atom. The molecule has 0 radical (unpaired) electrons. The van der Waals surface area contributed by atoms with Crippen LogP contribution in [0, 0.1) is 0 Å². The minimum Gasteiger partial charge on any atom is -0.463 e. The number of furan rings is 1. The Hall–Kier alpha value is -2.93. The molecule has 0 atom stereocenters. The molecule has 0 aromatic carbocycles. The van der Waals surface area contributed by atoms with E-state index in [2.05, 4.69) is 19.9 Å². The molecule has 0 unspecified atom stereocenters.